The minimum atomic E-state index is -0.971. The highest BCUT2D eigenvalue weighted by molar-refractivity contribution is 6.31. The number of fused-ring (bicyclic) bond motifs is 2. The second-order valence-corrected chi connectivity index (χ2v) is 17.6. The molecule has 0 spiro atoms. The molecule has 1 unspecified atom stereocenters. The predicted molar refractivity (Wildman–Crippen MR) is 203 cm³/mol. The number of imide groups is 2. The molecule has 13 nitrogen and oxygen atoms in total. The molecular weight excluding hydrogens is 734 g/mol. The van der Waals surface area contributed by atoms with Crippen molar-refractivity contribution < 1.29 is 28.7 Å². The molecule has 3 aromatic rings. The average Bonchev–Trinajstić information content (AvgIpc) is 3.67. The number of ether oxygens (including phenoxy) is 1. The topological polar surface area (TPSA) is 175 Å². The molecule has 5 aliphatic rings. The molecular formula is C42H44ClN7O6. The maximum absolute atomic E-state index is 13.4. The fraction of sp³-hybridized carbons (Fsp3) is 0.476. The van der Waals surface area contributed by atoms with Crippen LogP contribution in [0.3, 0.4) is 0 Å². The van der Waals surface area contributed by atoms with E-state index in [1.165, 1.54) is 0 Å². The number of aromatic nitrogens is 2. The molecule has 3 fully saturated rings. The van der Waals surface area contributed by atoms with E-state index in [4.69, 9.17) is 16.3 Å². The summed E-state index contributed by atoms with van der Waals surface area (Å²) in [6.07, 6.45) is 4.00. The Morgan fingerprint density at radius 1 is 0.929 bits per heavy atom. The molecule has 1 aromatic heterocycles. The Labute approximate surface area is 330 Å². The van der Waals surface area contributed by atoms with Crippen LogP contribution >= 0.6 is 11.6 Å². The van der Waals surface area contributed by atoms with Crippen molar-refractivity contribution in [1.29, 1.82) is 5.26 Å². The highest BCUT2D eigenvalue weighted by atomic mass is 35.5. The maximum atomic E-state index is 13.4. The summed E-state index contributed by atoms with van der Waals surface area (Å²) in [6.45, 7) is 10.5. The third kappa shape index (κ3) is 6.52. The van der Waals surface area contributed by atoms with Crippen LogP contribution in [0, 0.1) is 28.1 Å². The van der Waals surface area contributed by atoms with E-state index in [2.05, 4.69) is 59.5 Å². The number of nitrogens with zero attached hydrogens (tertiary/aromatic N) is 5. The number of benzene rings is 2. The molecule has 8 rings (SSSR count). The van der Waals surface area contributed by atoms with Crippen LogP contribution in [0.4, 0.5) is 0 Å². The van der Waals surface area contributed by atoms with Crippen molar-refractivity contribution in [1.82, 2.24) is 30.6 Å². The smallest absolute Gasteiger partial charge is 0.272 e. The van der Waals surface area contributed by atoms with Gasteiger partial charge in [0.05, 0.1) is 27.4 Å². The quantitative estimate of drug-likeness (QED) is 0.286. The van der Waals surface area contributed by atoms with Crippen LogP contribution in [-0.2, 0) is 22.7 Å². The Hall–Kier alpha value is -5.19. The molecule has 1 saturated heterocycles. The first-order valence-corrected chi connectivity index (χ1v) is 19.6. The second-order valence-electron chi connectivity index (χ2n) is 17.1. The number of hydrogen-bond acceptors (Lipinski definition) is 10. The van der Waals surface area contributed by atoms with Crippen molar-refractivity contribution in [2.75, 3.05) is 6.54 Å². The fourth-order valence-corrected chi connectivity index (χ4v) is 10.3. The van der Waals surface area contributed by atoms with Crippen molar-refractivity contribution in [3.05, 3.63) is 86.7 Å². The van der Waals surface area contributed by atoms with Crippen LogP contribution in [0.5, 0.6) is 5.75 Å². The molecule has 0 bridgehead atoms. The summed E-state index contributed by atoms with van der Waals surface area (Å²) in [5, 5.41) is 23.8. The molecule has 2 aromatic carbocycles. The van der Waals surface area contributed by atoms with Crippen LogP contribution in [0.1, 0.15) is 126 Å². The average molecular weight is 778 g/mol. The van der Waals surface area contributed by atoms with Gasteiger partial charge in [-0.05, 0) is 85.5 Å². The molecule has 3 aliphatic heterocycles. The molecule has 2 saturated carbocycles. The summed E-state index contributed by atoms with van der Waals surface area (Å²) in [6, 6.07) is 13.2. The van der Waals surface area contributed by atoms with E-state index in [-0.39, 0.29) is 42.5 Å². The Morgan fingerprint density at radius 2 is 1.59 bits per heavy atom. The number of rotatable bonds is 8. The van der Waals surface area contributed by atoms with E-state index in [1.54, 1.807) is 24.3 Å². The lowest BCUT2D eigenvalue weighted by atomic mass is 9.49. The summed E-state index contributed by atoms with van der Waals surface area (Å²) in [7, 11) is 0. The Balaban J connectivity index is 0.822. The van der Waals surface area contributed by atoms with Gasteiger partial charge in [-0.15, -0.1) is 5.10 Å². The van der Waals surface area contributed by atoms with E-state index in [1.807, 2.05) is 18.2 Å². The molecule has 5 amide bonds. The van der Waals surface area contributed by atoms with Gasteiger partial charge in [0.2, 0.25) is 11.8 Å². The van der Waals surface area contributed by atoms with E-state index < -0.39 is 40.5 Å². The lowest BCUT2D eigenvalue weighted by Crippen LogP contribution is -2.74. The first-order chi connectivity index (χ1) is 26.6. The molecule has 56 heavy (non-hydrogen) atoms. The van der Waals surface area contributed by atoms with Crippen LogP contribution in [0.25, 0.3) is 0 Å². The zero-order valence-corrected chi connectivity index (χ0v) is 32.6. The van der Waals surface area contributed by atoms with E-state index in [0.717, 1.165) is 53.9 Å². The standard InChI is InChI=1S/C42H44ClN7O6/c1-41(2)39(42(3,4)40(41)56-27-10-9-24(18-44)30(43)17-27)46-35(52)32-12-11-31(47-48-32)23-7-5-22(6-8-23)19-49-20-25-15-28-29(16-26(25)21-49)38(55)50(37(28)54)33-13-14-34(51)45-36(33)53/h9-12,15-17,22-23,33,39-40H,5-8,13-14,19-21H2,1-4H3,(H,46,52)(H,45,51,53). The second kappa shape index (κ2) is 14.1. The minimum Gasteiger partial charge on any atom is -0.489 e. The van der Waals surface area contributed by atoms with Gasteiger partial charge in [-0.25, -0.2) is 0 Å². The predicted octanol–water partition coefficient (Wildman–Crippen LogP) is 5.30. The SMILES string of the molecule is CC1(C)C(NC(=O)c2ccc(C3CCC(CN4Cc5cc6c(cc5C4)C(=O)N(C4CCC(=O)NC4=O)C6=O)CC3)nn2)C(C)(C)C1Oc1ccc(C#N)c(Cl)c1. The monoisotopic (exact) mass is 777 g/mol. The summed E-state index contributed by atoms with van der Waals surface area (Å²) < 4.78 is 6.35. The lowest BCUT2D eigenvalue weighted by Gasteiger charge is -2.63. The maximum Gasteiger partial charge on any atom is 0.272 e. The summed E-state index contributed by atoms with van der Waals surface area (Å²) in [5.74, 6) is -0.910. The van der Waals surface area contributed by atoms with Crippen molar-refractivity contribution in [2.45, 2.75) is 103 Å². The molecule has 1 atom stereocenters. The van der Waals surface area contributed by atoms with Crippen LogP contribution in [0.2, 0.25) is 5.02 Å². The molecule has 2 aliphatic carbocycles. The Kier molecular flexibility index (Phi) is 9.48. The largest absolute Gasteiger partial charge is 0.489 e. The number of piperidine rings is 1. The number of halogens is 1. The van der Waals surface area contributed by atoms with Crippen molar-refractivity contribution in [3.63, 3.8) is 0 Å². The third-order valence-electron chi connectivity index (χ3n) is 12.7. The number of hydrogen-bond donors (Lipinski definition) is 2. The molecule has 14 heteroatoms. The zero-order valence-electron chi connectivity index (χ0n) is 31.9. The summed E-state index contributed by atoms with van der Waals surface area (Å²) in [5.41, 5.74) is 3.44. The first-order valence-electron chi connectivity index (χ1n) is 19.3. The van der Waals surface area contributed by atoms with Gasteiger partial charge in [-0.2, -0.15) is 10.4 Å². The number of amides is 5. The third-order valence-corrected chi connectivity index (χ3v) is 13.0. The van der Waals surface area contributed by atoms with Crippen molar-refractivity contribution in [3.8, 4) is 11.8 Å². The molecule has 290 valence electrons. The van der Waals surface area contributed by atoms with Gasteiger partial charge in [0.1, 0.15) is 24.0 Å². The van der Waals surface area contributed by atoms with Gasteiger partial charge < -0.3 is 10.1 Å². The van der Waals surface area contributed by atoms with E-state index >= 15 is 0 Å². The highest BCUT2D eigenvalue weighted by Gasteiger charge is 2.64. The Morgan fingerprint density at radius 3 is 2.16 bits per heavy atom. The molecule has 0 radical (unpaired) electrons. The van der Waals surface area contributed by atoms with Crippen LogP contribution in [-0.4, -0.2) is 74.3 Å². The van der Waals surface area contributed by atoms with Gasteiger partial charge in [-0.3, -0.25) is 39.1 Å². The van der Waals surface area contributed by atoms with Gasteiger partial charge in [0.25, 0.3) is 17.7 Å². The number of carbonyl (C=O) groups excluding carboxylic acids is 5. The van der Waals surface area contributed by atoms with Crippen LogP contribution in [0.15, 0.2) is 42.5 Å². The minimum absolute atomic E-state index is 0.0901. The van der Waals surface area contributed by atoms with Gasteiger partial charge in [0, 0.05) is 54.9 Å². The van der Waals surface area contributed by atoms with Crippen molar-refractivity contribution >= 4 is 41.1 Å². The lowest BCUT2D eigenvalue weighted by molar-refractivity contribution is -0.164. The molecule has 2 N–H and O–H groups in total. The zero-order chi connectivity index (χ0) is 39.7. The number of carbonyl (C=O) groups is 5. The first kappa shape index (κ1) is 37.7. The van der Waals surface area contributed by atoms with Gasteiger partial charge in [0.15, 0.2) is 5.69 Å². The fourth-order valence-electron chi connectivity index (χ4n) is 10.1. The van der Waals surface area contributed by atoms with Gasteiger partial charge >= 0.3 is 0 Å². The highest BCUT2D eigenvalue weighted by Crippen LogP contribution is 2.55. The summed E-state index contributed by atoms with van der Waals surface area (Å²) >= 11 is 6.24. The van der Waals surface area contributed by atoms with Crippen molar-refractivity contribution in [2.24, 2.45) is 16.7 Å². The Bertz CT molecular complexity index is 2150. The number of nitriles is 1. The molecule has 4 heterocycles. The normalized spacial score (nSPS) is 26.5. The van der Waals surface area contributed by atoms with E-state index in [9.17, 15) is 29.2 Å². The summed E-state index contributed by atoms with van der Waals surface area (Å²) in [4.78, 5) is 67.4. The number of nitrogens with one attached hydrogen (secondary N) is 2. The van der Waals surface area contributed by atoms with Gasteiger partial charge in [-0.1, -0.05) is 39.3 Å². The van der Waals surface area contributed by atoms with Crippen LogP contribution < -0.4 is 15.4 Å². The van der Waals surface area contributed by atoms with E-state index in [0.29, 0.717) is 46.5 Å².